The number of hydrogen-bond acceptors (Lipinski definition) is 6. The Morgan fingerprint density at radius 3 is 2.47 bits per heavy atom. The molecule has 1 aromatic carbocycles. The number of nitrogens with zero attached hydrogens (tertiary/aromatic N) is 4. The Morgan fingerprint density at radius 1 is 1.18 bits per heavy atom. The summed E-state index contributed by atoms with van der Waals surface area (Å²) in [6.07, 6.45) is 2.58. The molecular weight excluding hydrogens is 483 g/mol. The lowest BCUT2D eigenvalue weighted by molar-refractivity contribution is -0.519. The third-order valence-electron chi connectivity index (χ3n) is 5.88. The van der Waals surface area contributed by atoms with Gasteiger partial charge in [-0.3, -0.25) is 9.59 Å². The number of aromatic nitrogens is 3. The van der Waals surface area contributed by atoms with Crippen LogP contribution in [0.15, 0.2) is 30.5 Å². The number of nitrogens with two attached hydrogens (primary N) is 2. The summed E-state index contributed by atoms with van der Waals surface area (Å²) in [5, 5.41) is 4.99. The lowest BCUT2D eigenvalue weighted by Crippen LogP contribution is -2.40. The second-order valence-electron chi connectivity index (χ2n) is 8.00. The molecule has 4 rings (SSSR count). The highest BCUT2D eigenvalue weighted by molar-refractivity contribution is 6.36. The number of piperidine rings is 1. The van der Waals surface area contributed by atoms with Crippen molar-refractivity contribution < 1.29 is 23.5 Å². The van der Waals surface area contributed by atoms with Crippen molar-refractivity contribution in [2.24, 2.45) is 17.4 Å². The minimum absolute atomic E-state index is 0.0299. The van der Waals surface area contributed by atoms with Crippen molar-refractivity contribution >= 4 is 46.8 Å². The minimum Gasteiger partial charge on any atom is -0.364 e. The van der Waals surface area contributed by atoms with Gasteiger partial charge in [-0.2, -0.15) is 4.40 Å². The van der Waals surface area contributed by atoms with E-state index in [1.807, 2.05) is 0 Å². The van der Waals surface area contributed by atoms with Gasteiger partial charge in [0.05, 0.1) is 17.2 Å². The van der Waals surface area contributed by atoms with Gasteiger partial charge >= 0.3 is 18.0 Å². The molecule has 34 heavy (non-hydrogen) atoms. The highest BCUT2D eigenvalue weighted by Gasteiger charge is 2.33. The van der Waals surface area contributed by atoms with Gasteiger partial charge in [0.15, 0.2) is 0 Å². The van der Waals surface area contributed by atoms with Crippen molar-refractivity contribution in [2.45, 2.75) is 26.3 Å². The molecule has 12 heteroatoms. The van der Waals surface area contributed by atoms with Gasteiger partial charge in [0, 0.05) is 53.8 Å². The highest BCUT2D eigenvalue weighted by atomic mass is 35.5. The molecule has 4 N–H and O–H groups in total. The molecule has 1 fully saturated rings. The fraction of sp³-hybridized carbons (Fsp3) is 0.318. The van der Waals surface area contributed by atoms with Crippen LogP contribution in [0.2, 0.25) is 10.0 Å². The zero-order valence-electron chi connectivity index (χ0n) is 18.3. The molecule has 0 spiro atoms. The van der Waals surface area contributed by atoms with E-state index in [0.29, 0.717) is 52.7 Å². The summed E-state index contributed by atoms with van der Waals surface area (Å²) in [5.74, 6) is -0.933. The highest BCUT2D eigenvalue weighted by Crippen LogP contribution is 2.32. The van der Waals surface area contributed by atoms with Gasteiger partial charge < -0.3 is 21.1 Å². The van der Waals surface area contributed by atoms with Gasteiger partial charge in [-0.15, -0.1) is 0 Å². The Balaban J connectivity index is 1.74. The number of esters is 1. The number of primary amides is 1. The Labute approximate surface area is 205 Å². The Morgan fingerprint density at radius 2 is 1.88 bits per heavy atom. The number of carbonyl (C=O) groups excluding carboxylic acids is 3. The van der Waals surface area contributed by atoms with E-state index in [0.717, 1.165) is 4.68 Å². The van der Waals surface area contributed by atoms with E-state index in [4.69, 9.17) is 39.4 Å². The number of rotatable bonds is 4. The average Bonchev–Trinajstić information content (AvgIpc) is 3.15. The molecule has 1 saturated heterocycles. The molecule has 0 radical (unpaired) electrons. The maximum Gasteiger partial charge on any atom is 0.481 e. The maximum absolute atomic E-state index is 12.9. The standard InChI is InChI=1S/C22H22Cl2N6O4/c1-12(31)28-6-4-13(5-7-28)20(32)34-22-27-30(21(26)33)19-8-14(10-25)17(11-29(19)22)16-3-2-15(23)9-18(16)24/h2-3,8-9,11,13H,4-7,10,25H2,1H3,(H-,26,33)/p+1. The SMILES string of the molecule is CC(=O)N1CCC(C(=O)Oc2nn(C(N)=O)c3cc(CN)c(-c4ccc(Cl)cc4Cl)c[n+]23)CC1. The first-order valence-electron chi connectivity index (χ1n) is 10.6. The monoisotopic (exact) mass is 505 g/mol. The van der Waals surface area contributed by atoms with Crippen molar-refractivity contribution in [3.8, 4) is 17.1 Å². The van der Waals surface area contributed by atoms with Crippen molar-refractivity contribution in [1.29, 1.82) is 0 Å². The van der Waals surface area contributed by atoms with E-state index in [1.165, 1.54) is 11.3 Å². The first-order chi connectivity index (χ1) is 16.2. The molecular formula is C22H23Cl2N6O4+. The van der Waals surface area contributed by atoms with Crippen LogP contribution in [0.5, 0.6) is 6.01 Å². The second kappa shape index (κ2) is 9.57. The number of fused-ring (bicyclic) bond motifs is 1. The topological polar surface area (TPSA) is 138 Å². The minimum atomic E-state index is -0.852. The molecule has 10 nitrogen and oxygen atoms in total. The van der Waals surface area contributed by atoms with E-state index >= 15 is 0 Å². The number of halogens is 2. The predicted octanol–water partition coefficient (Wildman–Crippen LogP) is 2.15. The molecule has 0 saturated carbocycles. The van der Waals surface area contributed by atoms with Crippen molar-refractivity contribution in [1.82, 2.24) is 14.7 Å². The molecule has 178 valence electrons. The smallest absolute Gasteiger partial charge is 0.364 e. The fourth-order valence-corrected chi connectivity index (χ4v) is 4.55. The first kappa shape index (κ1) is 23.9. The van der Waals surface area contributed by atoms with Crippen molar-refractivity contribution in [3.05, 3.63) is 46.1 Å². The van der Waals surface area contributed by atoms with Gasteiger partial charge in [-0.25, -0.2) is 4.79 Å². The lowest BCUT2D eigenvalue weighted by atomic mass is 9.97. The number of amides is 2. The van der Waals surface area contributed by atoms with Gasteiger partial charge in [0.1, 0.15) is 0 Å². The largest absolute Gasteiger partial charge is 0.481 e. The summed E-state index contributed by atoms with van der Waals surface area (Å²) >= 11 is 12.5. The van der Waals surface area contributed by atoms with Gasteiger partial charge in [-0.1, -0.05) is 29.3 Å². The average molecular weight is 506 g/mol. The third-order valence-corrected chi connectivity index (χ3v) is 6.43. The van der Waals surface area contributed by atoms with Gasteiger partial charge in [-0.05, 0) is 35.2 Å². The maximum atomic E-state index is 12.9. The molecule has 2 aromatic heterocycles. The van der Waals surface area contributed by atoms with Crippen LogP contribution in [0.3, 0.4) is 0 Å². The number of benzene rings is 1. The summed E-state index contributed by atoms with van der Waals surface area (Å²) in [4.78, 5) is 38.1. The molecule has 2 amide bonds. The summed E-state index contributed by atoms with van der Waals surface area (Å²) in [6.45, 7) is 2.58. The zero-order chi connectivity index (χ0) is 24.6. The Bertz CT molecular complexity index is 1300. The van der Waals surface area contributed by atoms with Gasteiger partial charge in [0.25, 0.3) is 5.65 Å². The quantitative estimate of drug-likeness (QED) is 0.411. The van der Waals surface area contributed by atoms with Crippen LogP contribution in [0.1, 0.15) is 25.3 Å². The van der Waals surface area contributed by atoms with E-state index in [-0.39, 0.29) is 24.1 Å². The lowest BCUT2D eigenvalue weighted by Gasteiger charge is -2.29. The first-order valence-corrected chi connectivity index (χ1v) is 11.3. The van der Waals surface area contributed by atoms with Crippen LogP contribution in [0.4, 0.5) is 4.79 Å². The number of ether oxygens (including phenoxy) is 1. The molecule has 1 aliphatic rings. The van der Waals surface area contributed by atoms with Crippen LogP contribution < -0.4 is 20.6 Å². The molecule has 0 aliphatic carbocycles. The molecule has 0 unspecified atom stereocenters. The Hall–Kier alpha value is -3.21. The predicted molar refractivity (Wildman–Crippen MR) is 124 cm³/mol. The number of hydrogen-bond donors (Lipinski definition) is 2. The van der Waals surface area contributed by atoms with E-state index in [2.05, 4.69) is 5.10 Å². The van der Waals surface area contributed by atoms with Crippen LogP contribution in [0.25, 0.3) is 16.8 Å². The molecule has 1 aliphatic heterocycles. The summed E-state index contributed by atoms with van der Waals surface area (Å²) in [7, 11) is 0. The van der Waals surface area contributed by atoms with Crippen molar-refractivity contribution in [2.75, 3.05) is 13.1 Å². The van der Waals surface area contributed by atoms with Crippen LogP contribution in [0, 0.1) is 5.92 Å². The molecule has 3 aromatic rings. The van der Waals surface area contributed by atoms with E-state index in [9.17, 15) is 14.4 Å². The number of likely N-dealkylation sites (tertiary alicyclic amines) is 1. The fourth-order valence-electron chi connectivity index (χ4n) is 4.04. The van der Waals surface area contributed by atoms with Crippen LogP contribution in [-0.2, 0) is 16.1 Å². The molecule has 0 bridgehead atoms. The molecule has 3 heterocycles. The number of carbonyl (C=O) groups is 3. The van der Waals surface area contributed by atoms with Crippen LogP contribution >= 0.6 is 23.2 Å². The number of pyridine rings is 1. The second-order valence-corrected chi connectivity index (χ2v) is 8.85. The van der Waals surface area contributed by atoms with Crippen molar-refractivity contribution in [3.63, 3.8) is 0 Å². The van der Waals surface area contributed by atoms with E-state index in [1.54, 1.807) is 35.4 Å². The normalized spacial score (nSPS) is 14.4. The van der Waals surface area contributed by atoms with E-state index < -0.39 is 17.9 Å². The summed E-state index contributed by atoms with van der Waals surface area (Å²) in [5.41, 5.74) is 13.7. The summed E-state index contributed by atoms with van der Waals surface area (Å²) in [6, 6.07) is 5.71. The third kappa shape index (κ3) is 4.56. The van der Waals surface area contributed by atoms with Crippen LogP contribution in [-0.4, -0.2) is 45.7 Å². The molecule has 0 atom stereocenters. The summed E-state index contributed by atoms with van der Waals surface area (Å²) < 4.78 is 7.99. The van der Waals surface area contributed by atoms with Gasteiger partial charge in [0.2, 0.25) is 5.91 Å². The Kier molecular flexibility index (Phi) is 6.74. The zero-order valence-corrected chi connectivity index (χ0v) is 19.8.